The molecule has 0 spiro atoms. The lowest BCUT2D eigenvalue weighted by molar-refractivity contribution is 0.475. The minimum atomic E-state index is 0.287. The molecule has 0 aliphatic heterocycles. The van der Waals surface area contributed by atoms with Crippen molar-refractivity contribution in [3.63, 3.8) is 0 Å². The van der Waals surface area contributed by atoms with Gasteiger partial charge >= 0.3 is 0 Å². The lowest BCUT2D eigenvalue weighted by Crippen LogP contribution is -1.99. The lowest BCUT2D eigenvalue weighted by atomic mass is 10.1. The van der Waals surface area contributed by atoms with E-state index < -0.39 is 0 Å². The third-order valence-corrected chi connectivity index (χ3v) is 2.62. The van der Waals surface area contributed by atoms with Crippen LogP contribution in [0.2, 0.25) is 0 Å². The molecular weight excluding hydrogens is 210 g/mol. The zero-order valence-corrected chi connectivity index (χ0v) is 10.2. The lowest BCUT2D eigenvalue weighted by Gasteiger charge is -2.08. The van der Waals surface area contributed by atoms with Crippen molar-refractivity contribution in [1.29, 1.82) is 0 Å². The Morgan fingerprint density at radius 2 is 1.71 bits per heavy atom. The highest BCUT2D eigenvalue weighted by Crippen LogP contribution is 2.17. The van der Waals surface area contributed by atoms with Crippen LogP contribution in [0, 0.1) is 13.8 Å². The van der Waals surface area contributed by atoms with Crippen LogP contribution in [0.5, 0.6) is 5.75 Å². The van der Waals surface area contributed by atoms with Gasteiger partial charge in [-0.05, 0) is 31.5 Å². The van der Waals surface area contributed by atoms with Gasteiger partial charge in [0.1, 0.15) is 5.75 Å². The highest BCUT2D eigenvalue weighted by atomic mass is 16.3. The molecule has 88 valence electrons. The van der Waals surface area contributed by atoms with Gasteiger partial charge in [-0.1, -0.05) is 35.4 Å². The Balaban J connectivity index is 2.07. The van der Waals surface area contributed by atoms with Crippen molar-refractivity contribution in [3.8, 4) is 5.75 Å². The van der Waals surface area contributed by atoms with E-state index in [1.165, 1.54) is 16.7 Å². The summed E-state index contributed by atoms with van der Waals surface area (Å²) in [5.41, 5.74) is 4.74. The van der Waals surface area contributed by atoms with Crippen molar-refractivity contribution in [2.24, 2.45) is 0 Å². The number of nitrogens with one attached hydrogen (secondary N) is 1. The predicted octanol–water partition coefficient (Wildman–Crippen LogP) is 3.62. The molecule has 2 N–H and O–H groups in total. The number of phenolic OH excluding ortho intramolecular Hbond substituents is 1. The summed E-state index contributed by atoms with van der Waals surface area (Å²) >= 11 is 0. The van der Waals surface area contributed by atoms with E-state index in [1.54, 1.807) is 12.1 Å². The minimum absolute atomic E-state index is 0.287. The molecular formula is C15H17NO. The number of aryl methyl sites for hydroxylation is 2. The first-order chi connectivity index (χ1) is 8.13. The number of phenols is 1. The van der Waals surface area contributed by atoms with Crippen LogP contribution in [0.15, 0.2) is 42.5 Å². The SMILES string of the molecule is Cc1cc(C)cc(CNc2cccc(O)c2)c1. The third kappa shape index (κ3) is 3.25. The molecule has 0 radical (unpaired) electrons. The molecule has 2 aromatic rings. The van der Waals surface area contributed by atoms with Gasteiger partial charge < -0.3 is 10.4 Å². The van der Waals surface area contributed by atoms with Crippen molar-refractivity contribution < 1.29 is 5.11 Å². The maximum Gasteiger partial charge on any atom is 0.117 e. The molecule has 0 heterocycles. The highest BCUT2D eigenvalue weighted by Gasteiger charge is 1.97. The largest absolute Gasteiger partial charge is 0.508 e. The first kappa shape index (κ1) is 11.5. The van der Waals surface area contributed by atoms with Crippen LogP contribution < -0.4 is 5.32 Å². The summed E-state index contributed by atoms with van der Waals surface area (Å²) in [6.45, 7) is 4.97. The molecule has 2 aromatic carbocycles. The number of hydrogen-bond acceptors (Lipinski definition) is 2. The molecule has 2 nitrogen and oxygen atoms in total. The van der Waals surface area contributed by atoms with Crippen LogP contribution >= 0.6 is 0 Å². The van der Waals surface area contributed by atoms with E-state index in [2.05, 4.69) is 37.4 Å². The van der Waals surface area contributed by atoms with Crippen LogP contribution in [-0.4, -0.2) is 5.11 Å². The zero-order valence-electron chi connectivity index (χ0n) is 10.2. The molecule has 17 heavy (non-hydrogen) atoms. The minimum Gasteiger partial charge on any atom is -0.508 e. The second-order valence-corrected chi connectivity index (χ2v) is 4.40. The molecule has 0 saturated carbocycles. The van der Waals surface area contributed by atoms with Gasteiger partial charge in [-0.25, -0.2) is 0 Å². The summed E-state index contributed by atoms with van der Waals surface area (Å²) in [7, 11) is 0. The summed E-state index contributed by atoms with van der Waals surface area (Å²) in [6.07, 6.45) is 0. The number of benzene rings is 2. The van der Waals surface area contributed by atoms with Crippen molar-refractivity contribution in [2.75, 3.05) is 5.32 Å². The number of hydrogen-bond donors (Lipinski definition) is 2. The van der Waals surface area contributed by atoms with Gasteiger partial charge in [0.05, 0.1) is 0 Å². The Morgan fingerprint density at radius 1 is 1.00 bits per heavy atom. The van der Waals surface area contributed by atoms with E-state index in [1.807, 2.05) is 12.1 Å². The van der Waals surface area contributed by atoms with Crippen LogP contribution in [-0.2, 0) is 6.54 Å². The van der Waals surface area contributed by atoms with E-state index >= 15 is 0 Å². The zero-order chi connectivity index (χ0) is 12.3. The number of aromatic hydroxyl groups is 1. The molecule has 0 amide bonds. The molecule has 0 aliphatic carbocycles. The Morgan fingerprint density at radius 3 is 2.35 bits per heavy atom. The quantitative estimate of drug-likeness (QED) is 0.839. The predicted molar refractivity (Wildman–Crippen MR) is 71.3 cm³/mol. The molecule has 0 saturated heterocycles. The van der Waals surface area contributed by atoms with Gasteiger partial charge in [0.25, 0.3) is 0 Å². The Bertz CT molecular complexity index is 500. The Hall–Kier alpha value is -1.96. The van der Waals surface area contributed by atoms with Gasteiger partial charge in [-0.2, -0.15) is 0 Å². The van der Waals surface area contributed by atoms with Gasteiger partial charge in [0.15, 0.2) is 0 Å². The molecule has 2 heteroatoms. The summed E-state index contributed by atoms with van der Waals surface area (Å²) in [6, 6.07) is 13.7. The average Bonchev–Trinajstić information content (AvgIpc) is 2.25. The van der Waals surface area contributed by atoms with Crippen LogP contribution in [0.1, 0.15) is 16.7 Å². The number of rotatable bonds is 3. The van der Waals surface area contributed by atoms with Crippen molar-refractivity contribution in [3.05, 3.63) is 59.2 Å². The second-order valence-electron chi connectivity index (χ2n) is 4.40. The van der Waals surface area contributed by atoms with Crippen molar-refractivity contribution in [1.82, 2.24) is 0 Å². The molecule has 0 aliphatic rings. The highest BCUT2D eigenvalue weighted by molar-refractivity contribution is 5.48. The van der Waals surface area contributed by atoms with Crippen molar-refractivity contribution >= 4 is 5.69 Å². The summed E-state index contributed by atoms with van der Waals surface area (Å²) in [4.78, 5) is 0. The first-order valence-corrected chi connectivity index (χ1v) is 5.73. The summed E-state index contributed by atoms with van der Waals surface area (Å²) in [5.74, 6) is 0.287. The Kier molecular flexibility index (Phi) is 3.33. The van der Waals surface area contributed by atoms with Crippen LogP contribution in [0.25, 0.3) is 0 Å². The van der Waals surface area contributed by atoms with E-state index in [0.717, 1.165) is 12.2 Å². The van der Waals surface area contributed by atoms with E-state index in [-0.39, 0.29) is 5.75 Å². The monoisotopic (exact) mass is 227 g/mol. The average molecular weight is 227 g/mol. The fourth-order valence-electron chi connectivity index (χ4n) is 1.99. The first-order valence-electron chi connectivity index (χ1n) is 5.73. The van der Waals surface area contributed by atoms with Gasteiger partial charge in [-0.3, -0.25) is 0 Å². The van der Waals surface area contributed by atoms with Gasteiger partial charge in [-0.15, -0.1) is 0 Å². The standard InChI is InChI=1S/C15H17NO/c1-11-6-12(2)8-13(7-11)10-16-14-4-3-5-15(17)9-14/h3-9,16-17H,10H2,1-2H3. The Labute approximate surface area is 102 Å². The van der Waals surface area contributed by atoms with E-state index in [9.17, 15) is 5.11 Å². The number of anilines is 1. The summed E-state index contributed by atoms with van der Waals surface area (Å²) in [5, 5.41) is 12.7. The van der Waals surface area contributed by atoms with E-state index in [4.69, 9.17) is 0 Å². The topological polar surface area (TPSA) is 32.3 Å². The maximum absolute atomic E-state index is 9.36. The summed E-state index contributed by atoms with van der Waals surface area (Å²) < 4.78 is 0. The molecule has 2 rings (SSSR count). The molecule has 0 atom stereocenters. The fourth-order valence-corrected chi connectivity index (χ4v) is 1.99. The maximum atomic E-state index is 9.36. The molecule has 0 fully saturated rings. The molecule has 0 bridgehead atoms. The van der Waals surface area contributed by atoms with Gasteiger partial charge in [0.2, 0.25) is 0 Å². The van der Waals surface area contributed by atoms with E-state index in [0.29, 0.717) is 0 Å². The van der Waals surface area contributed by atoms with Crippen molar-refractivity contribution in [2.45, 2.75) is 20.4 Å². The normalized spacial score (nSPS) is 10.2. The van der Waals surface area contributed by atoms with Gasteiger partial charge in [0, 0.05) is 18.3 Å². The molecule has 0 unspecified atom stereocenters. The fraction of sp³-hybridized carbons (Fsp3) is 0.200. The van der Waals surface area contributed by atoms with Crippen LogP contribution in [0.3, 0.4) is 0 Å². The third-order valence-electron chi connectivity index (χ3n) is 2.62. The molecule has 0 aromatic heterocycles. The second kappa shape index (κ2) is 4.91. The van der Waals surface area contributed by atoms with Crippen LogP contribution in [0.4, 0.5) is 5.69 Å². The smallest absolute Gasteiger partial charge is 0.117 e.